The Labute approximate surface area is 543 Å². The van der Waals surface area contributed by atoms with Gasteiger partial charge in [0, 0.05) is 147 Å². The Morgan fingerprint density at radius 1 is 0.304 bits per heavy atom. The van der Waals surface area contributed by atoms with Gasteiger partial charge in [0.05, 0.1) is 31.2 Å². The third-order valence-corrected chi connectivity index (χ3v) is 24.4. The SMILES string of the molecule is CN1CC=C(c2cn(S(=O)(=O)c3ccccc3)c3cc(N4CCCC4)ccc23)CC1.CN1CC=C(c2cn(S(=O)(=O)c3ccccc3)c3cc(N4CCCCC4)ccc23)CC1.CN1CC=C(c2cn(S(=O)(=O)c3ccccc3)c3ccc(N4CCCCC4)cc23)CC1. The average molecular weight is 1290 g/mol. The van der Waals surface area contributed by atoms with Gasteiger partial charge in [0.15, 0.2) is 0 Å². The van der Waals surface area contributed by atoms with E-state index >= 15 is 0 Å². The largest absolute Gasteiger partial charge is 0.372 e. The van der Waals surface area contributed by atoms with Gasteiger partial charge in [-0.15, -0.1) is 0 Å². The molecule has 3 saturated heterocycles. The summed E-state index contributed by atoms with van der Waals surface area (Å²) in [7, 11) is -4.68. The van der Waals surface area contributed by atoms with Crippen LogP contribution in [0.25, 0.3) is 49.4 Å². The second-order valence-electron chi connectivity index (χ2n) is 25.6. The second-order valence-corrected chi connectivity index (χ2v) is 31.0. The van der Waals surface area contributed by atoms with E-state index in [1.165, 1.54) is 85.7 Å². The summed E-state index contributed by atoms with van der Waals surface area (Å²) in [5, 5.41) is 3.04. The van der Waals surface area contributed by atoms with E-state index in [9.17, 15) is 25.3 Å². The van der Waals surface area contributed by atoms with Crippen molar-refractivity contribution < 1.29 is 25.3 Å². The van der Waals surface area contributed by atoms with Crippen LogP contribution in [0.5, 0.6) is 0 Å². The molecule has 480 valence electrons. The minimum atomic E-state index is -3.68. The van der Waals surface area contributed by atoms with Crippen molar-refractivity contribution in [1.29, 1.82) is 0 Å². The summed E-state index contributed by atoms with van der Waals surface area (Å²) in [6.07, 6.45) is 24.7. The summed E-state index contributed by atoms with van der Waals surface area (Å²) in [4.78, 5) is 14.9. The lowest BCUT2D eigenvalue weighted by Gasteiger charge is -2.29. The predicted octanol–water partition coefficient (Wildman–Crippen LogP) is 13.4. The van der Waals surface area contributed by atoms with E-state index in [0.717, 1.165) is 159 Å². The molecule has 6 aliphatic heterocycles. The third-order valence-electron chi connectivity index (χ3n) is 19.4. The van der Waals surface area contributed by atoms with Crippen LogP contribution < -0.4 is 14.7 Å². The number of piperidine rings is 2. The quantitative estimate of drug-likeness (QED) is 0.115. The summed E-state index contributed by atoms with van der Waals surface area (Å²) < 4.78 is 85.8. The highest BCUT2D eigenvalue weighted by Gasteiger charge is 2.29. The standard InChI is InChI=1S/2C25H29N3O2S.C24H27N3O2S/c1-26-16-12-20(13-17-26)24-19-28(31(29,30)22-8-4-2-5-9-22)25-11-10-21(18-23(24)25)27-14-6-3-7-15-27;1-26-16-12-20(13-17-26)24-19-28(31(29,30)22-8-4-2-5-9-22)25-18-21(10-11-23(24)25)27-14-6-3-7-15-27;1-25-15-11-19(12-16-25)23-18-27(30(28,29)21-7-3-2-4-8-21)24-17-20(9-10-22(23)24)26-13-5-6-14-26/h2*2,4-5,8-12,18-19H,3,6-7,13-17H2,1H3;2-4,7-11,17-18H,5-6,12-16H2,1H3. The number of aromatic nitrogens is 3. The Morgan fingerprint density at radius 2 is 0.609 bits per heavy atom. The summed E-state index contributed by atoms with van der Waals surface area (Å²) in [5.41, 5.74) is 12.5. The van der Waals surface area contributed by atoms with Crippen LogP contribution >= 0.6 is 0 Å². The van der Waals surface area contributed by atoms with Gasteiger partial charge in [-0.25, -0.2) is 37.2 Å². The van der Waals surface area contributed by atoms with Crippen molar-refractivity contribution in [3.05, 3.63) is 199 Å². The van der Waals surface area contributed by atoms with Crippen molar-refractivity contribution in [2.24, 2.45) is 0 Å². The molecule has 3 fully saturated rings. The number of rotatable bonds is 12. The second kappa shape index (κ2) is 27.1. The van der Waals surface area contributed by atoms with Crippen molar-refractivity contribution in [3.8, 4) is 0 Å². The minimum Gasteiger partial charge on any atom is -0.372 e. The Hall–Kier alpha value is -7.71. The first kappa shape index (κ1) is 63.1. The molecule has 0 amide bonds. The minimum absolute atomic E-state index is 0.316. The summed E-state index contributed by atoms with van der Waals surface area (Å²) in [6, 6.07) is 45.1. The Kier molecular flexibility index (Phi) is 18.6. The number of anilines is 3. The fourth-order valence-electron chi connectivity index (χ4n) is 14.0. The Bertz CT molecular complexity index is 4580. The van der Waals surface area contributed by atoms with Gasteiger partial charge in [0.2, 0.25) is 0 Å². The van der Waals surface area contributed by atoms with E-state index in [1.807, 2.05) is 42.9 Å². The molecule has 6 aliphatic rings. The van der Waals surface area contributed by atoms with Crippen LogP contribution in [0.1, 0.15) is 87.3 Å². The van der Waals surface area contributed by atoms with Gasteiger partial charge in [-0.05, 0) is 187 Å². The van der Waals surface area contributed by atoms with E-state index in [-0.39, 0.29) is 0 Å². The molecule has 9 heterocycles. The topological polar surface area (TPSA) is 137 Å². The number of fused-ring (bicyclic) bond motifs is 3. The van der Waals surface area contributed by atoms with E-state index in [1.54, 1.807) is 72.8 Å². The molecule has 0 unspecified atom stereocenters. The monoisotopic (exact) mass is 1290 g/mol. The zero-order valence-electron chi connectivity index (χ0n) is 53.3. The molecule has 0 N–H and O–H groups in total. The van der Waals surface area contributed by atoms with Crippen LogP contribution in [0.2, 0.25) is 0 Å². The maximum absolute atomic E-state index is 13.6. The zero-order chi connectivity index (χ0) is 63.6. The molecule has 0 atom stereocenters. The zero-order valence-corrected chi connectivity index (χ0v) is 55.7. The van der Waals surface area contributed by atoms with Crippen molar-refractivity contribution in [2.75, 3.05) is 114 Å². The first-order valence-corrected chi connectivity index (χ1v) is 37.2. The molecule has 0 radical (unpaired) electrons. The lowest BCUT2D eigenvalue weighted by molar-refractivity contribution is 0.370. The molecule has 15 nitrogen and oxygen atoms in total. The molecule has 3 aromatic heterocycles. The molecule has 9 aromatic rings. The fraction of sp³-hybridized carbons (Fsp3) is 0.351. The molecule has 92 heavy (non-hydrogen) atoms. The number of hydrogen-bond donors (Lipinski definition) is 0. The normalized spacial score (nSPS) is 18.3. The number of nitrogens with zero attached hydrogens (tertiary/aromatic N) is 9. The number of likely N-dealkylation sites (N-methyl/N-ethyl adjacent to an activating group) is 3. The lowest BCUT2D eigenvalue weighted by atomic mass is 9.98. The van der Waals surface area contributed by atoms with E-state index in [0.29, 0.717) is 14.7 Å². The maximum Gasteiger partial charge on any atom is 0.268 e. The van der Waals surface area contributed by atoms with Gasteiger partial charge >= 0.3 is 0 Å². The lowest BCUT2D eigenvalue weighted by Crippen LogP contribution is -2.29. The van der Waals surface area contributed by atoms with Crippen LogP contribution in [0.3, 0.4) is 0 Å². The molecular weight excluding hydrogens is 1210 g/mol. The van der Waals surface area contributed by atoms with Crippen LogP contribution in [-0.2, 0) is 30.1 Å². The highest BCUT2D eigenvalue weighted by atomic mass is 32.2. The summed E-state index contributed by atoms with van der Waals surface area (Å²) >= 11 is 0. The third kappa shape index (κ3) is 13.0. The van der Waals surface area contributed by atoms with Crippen LogP contribution in [0.15, 0.2) is 197 Å². The van der Waals surface area contributed by atoms with Gasteiger partial charge in [-0.2, -0.15) is 0 Å². The molecule has 0 spiro atoms. The fourth-order valence-corrected chi connectivity index (χ4v) is 18.1. The van der Waals surface area contributed by atoms with Crippen molar-refractivity contribution in [2.45, 2.75) is 85.3 Å². The molecular formula is C74H85N9O6S3. The van der Waals surface area contributed by atoms with Crippen molar-refractivity contribution in [3.63, 3.8) is 0 Å². The maximum atomic E-state index is 13.6. The van der Waals surface area contributed by atoms with Crippen LogP contribution in [-0.4, -0.2) is 152 Å². The van der Waals surface area contributed by atoms with Gasteiger partial charge < -0.3 is 29.4 Å². The average Bonchev–Trinajstić information content (AvgIpc) is 1.61. The first-order chi connectivity index (χ1) is 44.6. The number of hydrogen-bond acceptors (Lipinski definition) is 12. The molecule has 15 rings (SSSR count). The van der Waals surface area contributed by atoms with Crippen LogP contribution in [0.4, 0.5) is 17.1 Å². The highest BCUT2D eigenvalue weighted by Crippen LogP contribution is 2.40. The molecule has 6 aromatic carbocycles. The van der Waals surface area contributed by atoms with E-state index < -0.39 is 30.1 Å². The Balaban J connectivity index is 0.000000126. The summed E-state index contributed by atoms with van der Waals surface area (Å²) in [6.45, 7) is 11.9. The van der Waals surface area contributed by atoms with Gasteiger partial charge in [-0.3, -0.25) is 0 Å². The van der Waals surface area contributed by atoms with Gasteiger partial charge in [-0.1, -0.05) is 85.0 Å². The van der Waals surface area contributed by atoms with Crippen molar-refractivity contribution in [1.82, 2.24) is 26.6 Å². The van der Waals surface area contributed by atoms with Crippen LogP contribution in [0, 0.1) is 0 Å². The number of benzene rings is 6. The van der Waals surface area contributed by atoms with E-state index in [4.69, 9.17) is 0 Å². The molecule has 0 aliphatic carbocycles. The van der Waals surface area contributed by atoms with Crippen molar-refractivity contribution >= 4 is 96.6 Å². The predicted molar refractivity (Wildman–Crippen MR) is 377 cm³/mol. The highest BCUT2D eigenvalue weighted by molar-refractivity contribution is 7.90. The molecule has 0 bridgehead atoms. The first-order valence-electron chi connectivity index (χ1n) is 32.9. The van der Waals surface area contributed by atoms with E-state index in [2.05, 4.69) is 117 Å². The summed E-state index contributed by atoms with van der Waals surface area (Å²) in [5.74, 6) is 0. The van der Waals surface area contributed by atoms with Gasteiger partial charge in [0.25, 0.3) is 30.1 Å². The molecule has 18 heteroatoms. The van der Waals surface area contributed by atoms with Gasteiger partial charge in [0.1, 0.15) is 0 Å². The smallest absolute Gasteiger partial charge is 0.268 e. The molecule has 0 saturated carbocycles. The Morgan fingerprint density at radius 3 is 0.946 bits per heavy atom.